The number of carbonyl (C=O) groups is 2. The van der Waals surface area contributed by atoms with Crippen LogP contribution >= 0.6 is 0 Å². The number of aromatic nitrogens is 1. The maximum absolute atomic E-state index is 13.1. The molecule has 7 heteroatoms. The summed E-state index contributed by atoms with van der Waals surface area (Å²) in [6.45, 7) is 7.44. The van der Waals surface area contributed by atoms with Crippen LogP contribution < -0.4 is 10.7 Å². The summed E-state index contributed by atoms with van der Waals surface area (Å²) in [4.78, 5) is 42.9. The molecule has 0 aliphatic carbocycles. The molecular weight excluding hydrogens is 406 g/mol. The van der Waals surface area contributed by atoms with Crippen LogP contribution in [-0.2, 0) is 22.5 Å². The first-order valence-electron chi connectivity index (χ1n) is 10.8. The quantitative estimate of drug-likeness (QED) is 0.603. The van der Waals surface area contributed by atoms with Crippen LogP contribution in [0.15, 0.2) is 41.2 Å². The highest BCUT2D eigenvalue weighted by atomic mass is 16.5. The lowest BCUT2D eigenvalue weighted by molar-refractivity contribution is -0.117. The minimum Gasteiger partial charge on any atom is -0.462 e. The summed E-state index contributed by atoms with van der Waals surface area (Å²) >= 11 is 0. The van der Waals surface area contributed by atoms with Gasteiger partial charge in [-0.25, -0.2) is 4.79 Å². The highest BCUT2D eigenvalue weighted by molar-refractivity contribution is 5.94. The van der Waals surface area contributed by atoms with Crippen molar-refractivity contribution in [3.63, 3.8) is 0 Å². The molecule has 2 aromatic carbocycles. The van der Waals surface area contributed by atoms with Crippen molar-refractivity contribution in [3.8, 4) is 0 Å². The van der Waals surface area contributed by atoms with Crippen LogP contribution in [0, 0.1) is 13.8 Å². The van der Waals surface area contributed by atoms with Crippen molar-refractivity contribution in [3.05, 3.63) is 74.6 Å². The van der Waals surface area contributed by atoms with Crippen LogP contribution in [-0.4, -0.2) is 41.5 Å². The van der Waals surface area contributed by atoms with Gasteiger partial charge in [0.25, 0.3) is 0 Å². The SMILES string of the molecule is CCOC(=O)c1ccc(NC(=O)CN2CCc3[nH]c4c(C)c(C)ccc4c(=O)c3C2)cc1. The minimum atomic E-state index is -0.388. The summed E-state index contributed by atoms with van der Waals surface area (Å²) in [7, 11) is 0. The van der Waals surface area contributed by atoms with Gasteiger partial charge >= 0.3 is 5.97 Å². The van der Waals surface area contributed by atoms with Crippen molar-refractivity contribution in [1.29, 1.82) is 0 Å². The molecule has 0 fully saturated rings. The molecule has 0 unspecified atom stereocenters. The molecule has 1 aliphatic rings. The van der Waals surface area contributed by atoms with E-state index in [1.54, 1.807) is 31.2 Å². The van der Waals surface area contributed by atoms with Crippen molar-refractivity contribution >= 4 is 28.5 Å². The molecule has 1 aliphatic heterocycles. The number of hydrogen-bond acceptors (Lipinski definition) is 5. The van der Waals surface area contributed by atoms with E-state index in [1.807, 2.05) is 30.9 Å². The number of anilines is 1. The van der Waals surface area contributed by atoms with Crippen LogP contribution in [0.25, 0.3) is 10.9 Å². The largest absolute Gasteiger partial charge is 0.462 e. The maximum Gasteiger partial charge on any atom is 0.338 e. The Morgan fingerprint density at radius 3 is 2.59 bits per heavy atom. The summed E-state index contributed by atoms with van der Waals surface area (Å²) in [6, 6.07) is 10.5. The van der Waals surface area contributed by atoms with Crippen molar-refractivity contribution in [2.24, 2.45) is 0 Å². The van der Waals surface area contributed by atoms with E-state index in [9.17, 15) is 14.4 Å². The number of hydrogen-bond donors (Lipinski definition) is 2. The third-order valence-corrected chi connectivity index (χ3v) is 6.00. The van der Waals surface area contributed by atoms with Crippen LogP contribution in [0.1, 0.15) is 39.7 Å². The number of carbonyl (C=O) groups excluding carboxylic acids is 2. The number of nitrogens with zero attached hydrogens (tertiary/aromatic N) is 1. The number of aromatic amines is 1. The van der Waals surface area contributed by atoms with Crippen LogP contribution in [0.2, 0.25) is 0 Å². The highest BCUT2D eigenvalue weighted by Gasteiger charge is 2.23. The molecule has 0 radical (unpaired) electrons. The Balaban J connectivity index is 1.44. The fraction of sp³-hybridized carbons (Fsp3) is 0.320. The number of aryl methyl sites for hydroxylation is 2. The Kier molecular flexibility index (Phi) is 6.10. The van der Waals surface area contributed by atoms with E-state index in [4.69, 9.17) is 4.74 Å². The molecule has 0 saturated heterocycles. The lowest BCUT2D eigenvalue weighted by atomic mass is 9.99. The molecule has 4 rings (SSSR count). The zero-order valence-electron chi connectivity index (χ0n) is 18.6. The number of H-pyrrole nitrogens is 1. The number of rotatable bonds is 5. The van der Waals surface area contributed by atoms with Gasteiger partial charge in [0.15, 0.2) is 5.43 Å². The van der Waals surface area contributed by atoms with Crippen molar-refractivity contribution in [1.82, 2.24) is 9.88 Å². The third kappa shape index (κ3) is 4.29. The van der Waals surface area contributed by atoms with Gasteiger partial charge in [-0.3, -0.25) is 14.5 Å². The number of ether oxygens (including phenoxy) is 1. The fourth-order valence-corrected chi connectivity index (χ4v) is 4.09. The number of amides is 1. The van der Waals surface area contributed by atoms with Gasteiger partial charge in [0, 0.05) is 41.8 Å². The Bertz CT molecular complexity index is 1240. The van der Waals surface area contributed by atoms with Gasteiger partial charge in [-0.1, -0.05) is 6.07 Å². The lowest BCUT2D eigenvalue weighted by Gasteiger charge is -2.28. The maximum atomic E-state index is 13.1. The zero-order chi connectivity index (χ0) is 22.8. The smallest absolute Gasteiger partial charge is 0.338 e. The molecule has 1 amide bonds. The number of benzene rings is 2. The van der Waals surface area contributed by atoms with Crippen LogP contribution in [0.3, 0.4) is 0 Å². The standard InChI is InChI=1S/C25H27N3O4/c1-4-32-25(31)17-6-8-18(9-7-17)26-22(29)14-28-12-11-21-20(13-28)24(30)19-10-5-15(2)16(3)23(19)27-21/h5-10H,4,11-14H2,1-3H3,(H,26,29)(H,27,30). The second-order valence-corrected chi connectivity index (χ2v) is 8.15. The third-order valence-electron chi connectivity index (χ3n) is 6.00. The van der Waals surface area contributed by atoms with Crippen molar-refractivity contribution in [2.45, 2.75) is 33.7 Å². The molecule has 2 N–H and O–H groups in total. The molecule has 3 aromatic rings. The molecular formula is C25H27N3O4. The van der Waals surface area contributed by atoms with Gasteiger partial charge in [0.05, 0.1) is 24.2 Å². The Hall–Kier alpha value is -3.45. The van der Waals surface area contributed by atoms with E-state index in [0.29, 0.717) is 42.8 Å². The molecule has 0 spiro atoms. The first kappa shape index (κ1) is 21.8. The van der Waals surface area contributed by atoms with Gasteiger partial charge in [0.1, 0.15) is 0 Å². The molecule has 166 valence electrons. The minimum absolute atomic E-state index is 0.0384. The topological polar surface area (TPSA) is 91.5 Å². The van der Waals surface area contributed by atoms with E-state index in [-0.39, 0.29) is 23.9 Å². The van der Waals surface area contributed by atoms with Gasteiger partial charge in [-0.2, -0.15) is 0 Å². The zero-order valence-corrected chi connectivity index (χ0v) is 18.6. The average Bonchev–Trinajstić information content (AvgIpc) is 2.78. The molecule has 0 atom stereocenters. The van der Waals surface area contributed by atoms with E-state index in [1.165, 1.54) is 0 Å². The van der Waals surface area contributed by atoms with Crippen LogP contribution in [0.4, 0.5) is 5.69 Å². The van der Waals surface area contributed by atoms with E-state index >= 15 is 0 Å². The summed E-state index contributed by atoms with van der Waals surface area (Å²) in [5.41, 5.74) is 5.93. The Morgan fingerprint density at radius 1 is 1.12 bits per heavy atom. The predicted molar refractivity (Wildman–Crippen MR) is 124 cm³/mol. The molecule has 32 heavy (non-hydrogen) atoms. The number of nitrogens with one attached hydrogen (secondary N) is 2. The van der Waals surface area contributed by atoms with E-state index in [0.717, 1.165) is 27.9 Å². The van der Waals surface area contributed by atoms with Gasteiger partial charge < -0.3 is 15.0 Å². The van der Waals surface area contributed by atoms with Gasteiger partial charge in [-0.05, 0) is 62.2 Å². The molecule has 0 saturated carbocycles. The van der Waals surface area contributed by atoms with Gasteiger partial charge in [-0.15, -0.1) is 0 Å². The summed E-state index contributed by atoms with van der Waals surface area (Å²) < 4.78 is 4.97. The second-order valence-electron chi connectivity index (χ2n) is 8.15. The lowest BCUT2D eigenvalue weighted by Crippen LogP contribution is -2.39. The second kappa shape index (κ2) is 8.96. The molecule has 7 nitrogen and oxygen atoms in total. The first-order valence-corrected chi connectivity index (χ1v) is 10.8. The monoisotopic (exact) mass is 433 g/mol. The van der Waals surface area contributed by atoms with Gasteiger partial charge in [0.2, 0.25) is 5.91 Å². The summed E-state index contributed by atoms with van der Waals surface area (Å²) in [6.07, 6.45) is 0.690. The number of esters is 1. The highest BCUT2D eigenvalue weighted by Crippen LogP contribution is 2.22. The summed E-state index contributed by atoms with van der Waals surface area (Å²) in [5, 5.41) is 3.54. The Morgan fingerprint density at radius 2 is 1.88 bits per heavy atom. The van der Waals surface area contributed by atoms with Crippen molar-refractivity contribution in [2.75, 3.05) is 25.0 Å². The predicted octanol–water partition coefficient (Wildman–Crippen LogP) is 3.32. The van der Waals surface area contributed by atoms with E-state index < -0.39 is 0 Å². The normalized spacial score (nSPS) is 13.6. The number of fused-ring (bicyclic) bond motifs is 2. The fourth-order valence-electron chi connectivity index (χ4n) is 4.09. The average molecular weight is 434 g/mol. The van der Waals surface area contributed by atoms with Crippen molar-refractivity contribution < 1.29 is 14.3 Å². The first-order chi connectivity index (χ1) is 15.4. The molecule has 2 heterocycles. The number of pyridine rings is 1. The summed E-state index contributed by atoms with van der Waals surface area (Å²) in [5.74, 6) is -0.554. The molecule has 1 aromatic heterocycles. The Labute approximate surface area is 186 Å². The van der Waals surface area contributed by atoms with E-state index in [2.05, 4.69) is 10.3 Å². The molecule has 0 bridgehead atoms. The van der Waals surface area contributed by atoms with Crippen LogP contribution in [0.5, 0.6) is 0 Å².